The smallest absolute Gasteiger partial charge is 0.347 e. The Morgan fingerprint density at radius 3 is 2.00 bits per heavy atom. The van der Waals surface area contributed by atoms with E-state index in [4.69, 9.17) is 37.6 Å². The Hall–Kier alpha value is -2.94. The van der Waals surface area contributed by atoms with Gasteiger partial charge in [0.1, 0.15) is 11.8 Å². The molecule has 2 rings (SSSR count). The molecule has 0 aliphatic heterocycles. The minimum absolute atomic E-state index is 0.138. The molecule has 2 aromatic rings. The Balaban J connectivity index is 0.000000411. The van der Waals surface area contributed by atoms with Gasteiger partial charge in [0.2, 0.25) is 0 Å². The van der Waals surface area contributed by atoms with Gasteiger partial charge in [0, 0.05) is 16.1 Å². The van der Waals surface area contributed by atoms with Crippen molar-refractivity contribution in [1.82, 2.24) is 0 Å². The average molecular weight is 493 g/mol. The Kier molecular flexibility index (Phi) is 12.3. The molecule has 0 bridgehead atoms. The lowest BCUT2D eigenvalue weighted by Crippen LogP contribution is -2.37. The van der Waals surface area contributed by atoms with Crippen LogP contribution >= 0.6 is 11.6 Å². The first-order valence-corrected chi connectivity index (χ1v) is 11.3. The van der Waals surface area contributed by atoms with Crippen LogP contribution in [0, 0.1) is 0 Å². The summed E-state index contributed by atoms with van der Waals surface area (Å²) in [5.41, 5.74) is 10.5. The van der Waals surface area contributed by atoms with Crippen molar-refractivity contribution in [1.29, 1.82) is 0 Å². The molecule has 5 N–H and O–H groups in total. The Morgan fingerprint density at radius 2 is 1.53 bits per heavy atom. The van der Waals surface area contributed by atoms with E-state index >= 15 is 0 Å². The fourth-order valence-electron chi connectivity index (χ4n) is 2.66. The first-order valence-electron chi connectivity index (χ1n) is 11.0. The van der Waals surface area contributed by atoms with Crippen LogP contribution in [0.1, 0.15) is 56.0 Å². The van der Waals surface area contributed by atoms with Crippen molar-refractivity contribution in [2.45, 2.75) is 51.7 Å². The molecule has 0 heterocycles. The van der Waals surface area contributed by atoms with Crippen molar-refractivity contribution in [3.05, 3.63) is 64.7 Å². The Bertz CT molecular complexity index is 929. The number of carboxylic acids is 1. The number of ether oxygens (including phenoxy) is 2. The molecule has 0 amide bonds. The zero-order valence-electron chi connectivity index (χ0n) is 19.8. The number of esters is 1. The van der Waals surface area contributed by atoms with Crippen LogP contribution in [0.15, 0.2) is 48.5 Å². The van der Waals surface area contributed by atoms with Gasteiger partial charge in [-0.25, -0.2) is 4.79 Å². The summed E-state index contributed by atoms with van der Waals surface area (Å²) in [5, 5.41) is 9.59. The summed E-state index contributed by atoms with van der Waals surface area (Å²) < 4.78 is 10.1. The van der Waals surface area contributed by atoms with Gasteiger partial charge in [0.25, 0.3) is 0 Å². The number of ketones is 1. The highest BCUT2D eigenvalue weighted by Gasteiger charge is 2.29. The van der Waals surface area contributed by atoms with Crippen LogP contribution in [-0.2, 0) is 14.3 Å². The fraction of sp³-hybridized carbons (Fsp3) is 0.400. The van der Waals surface area contributed by atoms with Gasteiger partial charge in [-0.15, -0.1) is 0 Å². The number of unbranched alkanes of at least 4 members (excludes halogenated alkanes) is 1. The fourth-order valence-corrected chi connectivity index (χ4v) is 2.78. The molecule has 0 unspecified atom stereocenters. The summed E-state index contributed by atoms with van der Waals surface area (Å²) in [4.78, 5) is 34.3. The highest BCUT2D eigenvalue weighted by Crippen LogP contribution is 2.21. The third-order valence-electron chi connectivity index (χ3n) is 4.67. The number of benzene rings is 2. The van der Waals surface area contributed by atoms with E-state index in [-0.39, 0.29) is 11.8 Å². The van der Waals surface area contributed by atoms with Gasteiger partial charge in [0.05, 0.1) is 6.61 Å². The number of hydrogen-bond acceptors (Lipinski definition) is 7. The summed E-state index contributed by atoms with van der Waals surface area (Å²) >= 11 is 5.79. The Morgan fingerprint density at radius 1 is 1.00 bits per heavy atom. The predicted octanol–water partition coefficient (Wildman–Crippen LogP) is 3.82. The van der Waals surface area contributed by atoms with Crippen LogP contribution in [-0.4, -0.2) is 47.6 Å². The van der Waals surface area contributed by atoms with Gasteiger partial charge >= 0.3 is 11.9 Å². The van der Waals surface area contributed by atoms with Crippen molar-refractivity contribution in [2.24, 2.45) is 11.5 Å². The summed E-state index contributed by atoms with van der Waals surface area (Å²) in [7, 11) is 0. The molecule has 0 aliphatic carbocycles. The number of hydrogen-bond donors (Lipinski definition) is 3. The quantitative estimate of drug-likeness (QED) is 0.244. The SMILES string of the molecule is CC(C)(Oc1ccc(C(=O)c2ccc(Cl)cc2)cc1)C(=O)O.CCOC(=O)[C@@H](N)CCCCN. The van der Waals surface area contributed by atoms with Crippen molar-refractivity contribution in [2.75, 3.05) is 13.2 Å². The molecule has 0 saturated heterocycles. The minimum Gasteiger partial charge on any atom is -0.478 e. The van der Waals surface area contributed by atoms with E-state index < -0.39 is 17.6 Å². The largest absolute Gasteiger partial charge is 0.478 e. The molecular formula is C25H33ClN2O6. The molecule has 186 valence electrons. The Labute approximate surface area is 205 Å². The predicted molar refractivity (Wildman–Crippen MR) is 131 cm³/mol. The molecule has 1 atom stereocenters. The normalized spacial score (nSPS) is 11.6. The van der Waals surface area contributed by atoms with Gasteiger partial charge in [-0.05, 0) is 88.7 Å². The molecule has 0 radical (unpaired) electrons. The highest BCUT2D eigenvalue weighted by molar-refractivity contribution is 6.30. The molecule has 0 spiro atoms. The maximum atomic E-state index is 12.3. The maximum absolute atomic E-state index is 12.3. The molecule has 2 aromatic carbocycles. The number of carbonyl (C=O) groups excluding carboxylic acids is 2. The van der Waals surface area contributed by atoms with Gasteiger partial charge < -0.3 is 26.0 Å². The van der Waals surface area contributed by atoms with Crippen LogP contribution < -0.4 is 16.2 Å². The van der Waals surface area contributed by atoms with E-state index in [9.17, 15) is 14.4 Å². The minimum atomic E-state index is -1.33. The van der Waals surface area contributed by atoms with Gasteiger partial charge in [0.15, 0.2) is 11.4 Å². The van der Waals surface area contributed by atoms with E-state index in [0.717, 1.165) is 12.8 Å². The topological polar surface area (TPSA) is 142 Å². The van der Waals surface area contributed by atoms with Crippen LogP contribution in [0.5, 0.6) is 5.75 Å². The lowest BCUT2D eigenvalue weighted by atomic mass is 10.0. The molecule has 0 fully saturated rings. The van der Waals surface area contributed by atoms with E-state index in [0.29, 0.717) is 41.5 Å². The molecular weight excluding hydrogens is 460 g/mol. The second-order valence-corrected chi connectivity index (χ2v) is 8.36. The second kappa shape index (κ2) is 14.3. The monoisotopic (exact) mass is 492 g/mol. The first kappa shape index (κ1) is 29.1. The zero-order valence-corrected chi connectivity index (χ0v) is 20.5. The number of carboxylic acid groups (broad SMARTS) is 1. The van der Waals surface area contributed by atoms with Gasteiger partial charge in [-0.3, -0.25) is 9.59 Å². The third kappa shape index (κ3) is 9.91. The maximum Gasteiger partial charge on any atom is 0.347 e. The summed E-state index contributed by atoms with van der Waals surface area (Å²) in [6.45, 7) is 5.73. The lowest BCUT2D eigenvalue weighted by molar-refractivity contribution is -0.152. The number of rotatable bonds is 11. The first-order chi connectivity index (χ1) is 16.0. The van der Waals surface area contributed by atoms with Crippen LogP contribution in [0.25, 0.3) is 0 Å². The number of halogens is 1. The van der Waals surface area contributed by atoms with Crippen LogP contribution in [0.4, 0.5) is 0 Å². The number of aliphatic carboxylic acids is 1. The molecule has 0 saturated carbocycles. The summed E-state index contributed by atoms with van der Waals surface area (Å²) in [5.74, 6) is -1.12. The van der Waals surface area contributed by atoms with E-state index in [1.165, 1.54) is 13.8 Å². The second-order valence-electron chi connectivity index (χ2n) is 7.92. The standard InChI is InChI=1S/C17H15ClO4.C8H18N2O2/c1-17(2,16(20)21)22-14-9-5-12(6-10-14)15(19)11-3-7-13(18)8-4-11;1-2-12-8(11)7(10)5-3-4-6-9/h3-10H,1-2H3,(H,20,21);7H,2-6,9-10H2,1H3/t;7-/m.0/s1. The summed E-state index contributed by atoms with van der Waals surface area (Å²) in [6, 6.07) is 12.5. The summed E-state index contributed by atoms with van der Waals surface area (Å²) in [6.07, 6.45) is 2.46. The lowest BCUT2D eigenvalue weighted by Gasteiger charge is -2.21. The van der Waals surface area contributed by atoms with Crippen LogP contribution in [0.3, 0.4) is 0 Å². The zero-order chi connectivity index (χ0) is 25.7. The third-order valence-corrected chi connectivity index (χ3v) is 4.92. The average Bonchev–Trinajstić information content (AvgIpc) is 2.80. The van der Waals surface area contributed by atoms with Crippen molar-refractivity contribution in [3.63, 3.8) is 0 Å². The van der Waals surface area contributed by atoms with Gasteiger partial charge in [-0.2, -0.15) is 0 Å². The highest BCUT2D eigenvalue weighted by atomic mass is 35.5. The van der Waals surface area contributed by atoms with E-state index in [2.05, 4.69) is 0 Å². The number of nitrogens with two attached hydrogens (primary N) is 2. The molecule has 8 nitrogen and oxygen atoms in total. The molecule has 34 heavy (non-hydrogen) atoms. The molecule has 0 aliphatic rings. The van der Waals surface area contributed by atoms with Gasteiger partial charge in [-0.1, -0.05) is 18.0 Å². The number of carbonyl (C=O) groups is 3. The van der Waals surface area contributed by atoms with Crippen molar-refractivity contribution < 1.29 is 29.0 Å². The van der Waals surface area contributed by atoms with Crippen molar-refractivity contribution >= 4 is 29.3 Å². The van der Waals surface area contributed by atoms with E-state index in [1.807, 2.05) is 0 Å². The molecule has 9 heteroatoms. The molecule has 0 aromatic heterocycles. The van der Waals surface area contributed by atoms with E-state index in [1.54, 1.807) is 55.5 Å². The van der Waals surface area contributed by atoms with Crippen molar-refractivity contribution in [3.8, 4) is 5.75 Å². The van der Waals surface area contributed by atoms with Crippen LogP contribution in [0.2, 0.25) is 5.02 Å².